The van der Waals surface area contributed by atoms with E-state index in [1.807, 2.05) is 0 Å². The summed E-state index contributed by atoms with van der Waals surface area (Å²) in [5.41, 5.74) is -4.05. The molecule has 1 saturated heterocycles. The standard InChI is InChI=1S/C47H53NO13/c1-27-34(60-44(55)38(52)37(30-17-10-7-11-18-30)48-42(53)31-19-12-8-13-20-31)25-47(56)40(61-43(54)32-21-14-9-15-22-32)36-33(51)26-57-24-16-23-46(36,6)41(59-29(3)50)39(58-28(2)49)35(27)45(47,4)5/h7-15,17-22,34,36-41,52,56H,16,23-26H2,1-6H3,(H,48,53)/t34-,36?,37-,38+,39+,40-,41?,46+,47+/m0/s1. The summed E-state index contributed by atoms with van der Waals surface area (Å²) in [6.07, 6.45) is -7.96. The van der Waals surface area contributed by atoms with Crippen molar-refractivity contribution in [2.75, 3.05) is 13.2 Å². The Balaban J connectivity index is 1.52. The van der Waals surface area contributed by atoms with Crippen LogP contribution in [0.25, 0.3) is 0 Å². The number of aliphatic hydroxyl groups is 2. The first-order chi connectivity index (χ1) is 28.9. The topological polar surface area (TPSA) is 201 Å². The first-order valence-electron chi connectivity index (χ1n) is 20.3. The van der Waals surface area contributed by atoms with Crippen LogP contribution in [0.3, 0.4) is 0 Å². The zero-order chi connectivity index (χ0) is 44.3. The summed E-state index contributed by atoms with van der Waals surface area (Å²) in [7, 11) is 0. The van der Waals surface area contributed by atoms with Crippen molar-refractivity contribution in [1.82, 2.24) is 5.32 Å². The number of carbonyl (C=O) groups is 6. The summed E-state index contributed by atoms with van der Waals surface area (Å²) in [5, 5.41) is 28.1. The molecule has 0 aromatic heterocycles. The van der Waals surface area contributed by atoms with Gasteiger partial charge in [-0.05, 0) is 60.7 Å². The van der Waals surface area contributed by atoms with Gasteiger partial charge in [0.05, 0.1) is 17.5 Å². The van der Waals surface area contributed by atoms with Crippen molar-refractivity contribution in [2.24, 2.45) is 16.7 Å². The van der Waals surface area contributed by atoms with Crippen LogP contribution >= 0.6 is 0 Å². The summed E-state index contributed by atoms with van der Waals surface area (Å²) in [5.74, 6) is -6.18. The fraction of sp³-hybridized carbons (Fsp3) is 0.447. The van der Waals surface area contributed by atoms with Crippen LogP contribution in [0, 0.1) is 16.7 Å². The lowest BCUT2D eigenvalue weighted by atomic mass is 9.49. The third-order valence-electron chi connectivity index (χ3n) is 12.6. The highest BCUT2D eigenvalue weighted by molar-refractivity contribution is 5.95. The molecule has 14 nitrogen and oxygen atoms in total. The van der Waals surface area contributed by atoms with Crippen LogP contribution in [0.4, 0.5) is 0 Å². The summed E-state index contributed by atoms with van der Waals surface area (Å²) in [6.45, 7) is 8.62. The Labute approximate surface area is 354 Å². The van der Waals surface area contributed by atoms with Crippen LogP contribution in [0.1, 0.15) is 93.1 Å². The molecule has 9 atom stereocenters. The number of benzene rings is 3. The van der Waals surface area contributed by atoms with Gasteiger partial charge >= 0.3 is 23.9 Å². The Bertz CT molecular complexity index is 2160. The number of nitrogens with one attached hydrogen (secondary N) is 1. The van der Waals surface area contributed by atoms with Gasteiger partial charge in [0.15, 0.2) is 18.0 Å². The van der Waals surface area contributed by atoms with E-state index in [1.165, 1.54) is 26.0 Å². The number of esters is 4. The third-order valence-corrected chi connectivity index (χ3v) is 12.6. The highest BCUT2D eigenvalue weighted by atomic mass is 16.6. The maximum Gasteiger partial charge on any atom is 0.338 e. The maximum absolute atomic E-state index is 14.6. The number of Topliss-reactive ketones (excluding diaryl/α,β-unsaturated/α-hetero) is 1. The number of aliphatic hydroxyl groups excluding tert-OH is 1. The molecule has 1 saturated carbocycles. The largest absolute Gasteiger partial charge is 0.458 e. The molecule has 1 heterocycles. The van der Waals surface area contributed by atoms with Gasteiger partial charge in [-0.3, -0.25) is 19.2 Å². The minimum atomic E-state index is -2.29. The van der Waals surface area contributed by atoms with Crippen LogP contribution in [0.2, 0.25) is 0 Å². The van der Waals surface area contributed by atoms with Gasteiger partial charge < -0.3 is 39.2 Å². The highest BCUT2D eigenvalue weighted by Crippen LogP contribution is 2.60. The fourth-order valence-corrected chi connectivity index (χ4v) is 9.48. The maximum atomic E-state index is 14.6. The van der Waals surface area contributed by atoms with E-state index in [0.717, 1.165) is 0 Å². The van der Waals surface area contributed by atoms with Gasteiger partial charge in [0.1, 0.15) is 30.5 Å². The molecule has 2 bridgehead atoms. The van der Waals surface area contributed by atoms with Crippen LogP contribution in [-0.2, 0) is 42.9 Å². The SMILES string of the molecule is CC(=O)OC1[C@H](OC(C)=O)C2=C(C)[C@@H](OC(=O)[C@H](O)[C@@H](NC(=O)c3ccccc3)c3ccccc3)C[C@@](O)([C@@H](OC(=O)c3ccccc3)C3C(=O)COCCC[C@@]13C)C2(C)C. The molecule has 2 fully saturated rings. The molecule has 3 aromatic rings. The number of ketones is 1. The van der Waals surface area contributed by atoms with Gasteiger partial charge in [0.2, 0.25) is 0 Å². The summed E-state index contributed by atoms with van der Waals surface area (Å²) in [6, 6.07) is 23.3. The lowest BCUT2D eigenvalue weighted by Gasteiger charge is -2.61. The van der Waals surface area contributed by atoms with E-state index < -0.39 is 108 Å². The number of hydrogen-bond acceptors (Lipinski definition) is 13. The van der Waals surface area contributed by atoms with E-state index in [2.05, 4.69) is 5.32 Å². The van der Waals surface area contributed by atoms with Crippen molar-refractivity contribution in [3.8, 4) is 0 Å². The Hall–Kier alpha value is -5.70. The molecule has 3 aliphatic rings. The molecular weight excluding hydrogens is 787 g/mol. The number of carbonyl (C=O) groups excluding carboxylic acids is 6. The average molecular weight is 840 g/mol. The van der Waals surface area contributed by atoms with Crippen LogP contribution in [-0.4, -0.2) is 95.1 Å². The summed E-state index contributed by atoms with van der Waals surface area (Å²) >= 11 is 0. The second kappa shape index (κ2) is 18.1. The Morgan fingerprint density at radius 3 is 1.95 bits per heavy atom. The summed E-state index contributed by atoms with van der Waals surface area (Å²) < 4.78 is 30.4. The van der Waals surface area contributed by atoms with E-state index in [0.29, 0.717) is 17.6 Å². The Morgan fingerprint density at radius 2 is 1.36 bits per heavy atom. The van der Waals surface area contributed by atoms with E-state index in [1.54, 1.807) is 107 Å². The molecule has 324 valence electrons. The fourth-order valence-electron chi connectivity index (χ4n) is 9.48. The van der Waals surface area contributed by atoms with Gasteiger partial charge in [-0.25, -0.2) is 9.59 Å². The zero-order valence-corrected chi connectivity index (χ0v) is 35.1. The molecule has 2 aliphatic carbocycles. The van der Waals surface area contributed by atoms with Gasteiger partial charge in [-0.2, -0.15) is 0 Å². The molecule has 3 aromatic carbocycles. The molecule has 1 amide bonds. The van der Waals surface area contributed by atoms with Crippen molar-refractivity contribution >= 4 is 35.6 Å². The molecule has 14 heteroatoms. The minimum Gasteiger partial charge on any atom is -0.458 e. The molecule has 2 unspecified atom stereocenters. The van der Waals surface area contributed by atoms with Crippen molar-refractivity contribution < 1.29 is 62.7 Å². The Kier molecular flexibility index (Phi) is 13.3. The predicted molar refractivity (Wildman–Crippen MR) is 218 cm³/mol. The number of hydrogen-bond donors (Lipinski definition) is 3. The highest BCUT2D eigenvalue weighted by Gasteiger charge is 2.69. The first-order valence-corrected chi connectivity index (χ1v) is 20.3. The summed E-state index contributed by atoms with van der Waals surface area (Å²) in [4.78, 5) is 82.7. The van der Waals surface area contributed by atoms with Crippen LogP contribution < -0.4 is 5.32 Å². The monoisotopic (exact) mass is 839 g/mol. The van der Waals surface area contributed by atoms with E-state index in [4.69, 9.17) is 23.7 Å². The lowest BCUT2D eigenvalue weighted by molar-refractivity contribution is -0.235. The van der Waals surface area contributed by atoms with Crippen LogP contribution in [0.15, 0.2) is 102 Å². The van der Waals surface area contributed by atoms with Crippen molar-refractivity contribution in [3.05, 3.63) is 119 Å². The molecule has 61 heavy (non-hydrogen) atoms. The number of fused-ring (bicyclic) bond motifs is 3. The number of ether oxygens (including phenoxy) is 5. The lowest BCUT2D eigenvalue weighted by Crippen LogP contribution is -2.71. The van der Waals surface area contributed by atoms with Gasteiger partial charge in [-0.1, -0.05) is 87.5 Å². The quantitative estimate of drug-likeness (QED) is 0.140. The smallest absolute Gasteiger partial charge is 0.338 e. The van der Waals surface area contributed by atoms with E-state index in [9.17, 15) is 39.0 Å². The second-order valence-electron chi connectivity index (χ2n) is 16.8. The molecule has 1 aliphatic heterocycles. The number of rotatable bonds is 10. The zero-order valence-electron chi connectivity index (χ0n) is 35.1. The predicted octanol–water partition coefficient (Wildman–Crippen LogP) is 5.01. The Morgan fingerprint density at radius 1 is 0.787 bits per heavy atom. The second-order valence-corrected chi connectivity index (χ2v) is 16.8. The van der Waals surface area contributed by atoms with Gasteiger partial charge in [0.25, 0.3) is 5.91 Å². The molecule has 0 spiro atoms. The number of amides is 1. The molecule has 6 rings (SSSR count). The average Bonchev–Trinajstić information content (AvgIpc) is 3.22. The molecule has 0 radical (unpaired) electrons. The third kappa shape index (κ3) is 8.88. The van der Waals surface area contributed by atoms with E-state index in [-0.39, 0.29) is 29.7 Å². The minimum absolute atomic E-state index is 0.120. The van der Waals surface area contributed by atoms with Crippen molar-refractivity contribution in [1.29, 1.82) is 0 Å². The van der Waals surface area contributed by atoms with Gasteiger partial charge in [-0.15, -0.1) is 0 Å². The normalized spacial score (nSPS) is 28.2. The first kappa shape index (κ1) is 44.8. The van der Waals surface area contributed by atoms with Gasteiger partial charge in [0, 0.05) is 43.3 Å². The van der Waals surface area contributed by atoms with Crippen molar-refractivity contribution in [2.45, 2.75) is 103 Å². The van der Waals surface area contributed by atoms with E-state index >= 15 is 0 Å². The molecule has 3 N–H and O–H groups in total. The van der Waals surface area contributed by atoms with Crippen molar-refractivity contribution in [3.63, 3.8) is 0 Å². The molecular formula is C47H53NO13. The van der Waals surface area contributed by atoms with Crippen LogP contribution in [0.5, 0.6) is 0 Å².